The summed E-state index contributed by atoms with van der Waals surface area (Å²) in [4.78, 5) is 26.7. The molecule has 0 bridgehead atoms. The second-order valence-corrected chi connectivity index (χ2v) is 5.18. The number of H-pyrrole nitrogens is 1. The van der Waals surface area contributed by atoms with Gasteiger partial charge >= 0.3 is 0 Å². The number of hydrogen-bond acceptors (Lipinski definition) is 3. The maximum atomic E-state index is 13.3. The first-order chi connectivity index (χ1) is 11.5. The van der Waals surface area contributed by atoms with Gasteiger partial charge in [-0.3, -0.25) is 9.59 Å². The van der Waals surface area contributed by atoms with Crippen LogP contribution in [0.15, 0.2) is 30.3 Å². The fourth-order valence-electron chi connectivity index (χ4n) is 2.22. The molecule has 2 aromatic rings. The average Bonchev–Trinajstić information content (AvgIpc) is 2.98. The van der Waals surface area contributed by atoms with Gasteiger partial charge in [-0.15, -0.1) is 0 Å². The lowest BCUT2D eigenvalue weighted by Gasteiger charge is -2.15. The average molecular weight is 333 g/mol. The van der Waals surface area contributed by atoms with Crippen LogP contribution in [0.5, 0.6) is 5.75 Å². The molecular formula is C17H20FN3O3. The summed E-state index contributed by atoms with van der Waals surface area (Å²) in [7, 11) is 1.48. The lowest BCUT2D eigenvalue weighted by Crippen LogP contribution is -2.23. The summed E-state index contributed by atoms with van der Waals surface area (Å²) in [6.07, 6.45) is -0.498. The van der Waals surface area contributed by atoms with Gasteiger partial charge in [-0.2, -0.15) is 0 Å². The van der Waals surface area contributed by atoms with Crippen molar-refractivity contribution in [1.29, 1.82) is 0 Å². The van der Waals surface area contributed by atoms with Crippen molar-refractivity contribution >= 4 is 11.8 Å². The van der Waals surface area contributed by atoms with Gasteiger partial charge < -0.3 is 20.4 Å². The Bertz CT molecular complexity index is 742. The summed E-state index contributed by atoms with van der Waals surface area (Å²) in [6.45, 7) is 3.99. The second-order valence-electron chi connectivity index (χ2n) is 5.18. The normalized spacial score (nSPS) is 11.7. The molecule has 1 aromatic carbocycles. The van der Waals surface area contributed by atoms with Gasteiger partial charge in [-0.25, -0.2) is 4.39 Å². The smallest absolute Gasteiger partial charge is 0.271 e. The van der Waals surface area contributed by atoms with Crippen LogP contribution >= 0.6 is 0 Å². The Kier molecular flexibility index (Phi) is 5.57. The highest BCUT2D eigenvalue weighted by Crippen LogP contribution is 2.27. The first kappa shape index (κ1) is 17.5. The van der Waals surface area contributed by atoms with Crippen molar-refractivity contribution in [2.75, 3.05) is 13.6 Å². The van der Waals surface area contributed by atoms with E-state index in [1.54, 1.807) is 26.0 Å². The minimum absolute atomic E-state index is 0.141. The van der Waals surface area contributed by atoms with Crippen molar-refractivity contribution in [3.8, 4) is 5.75 Å². The first-order valence-corrected chi connectivity index (χ1v) is 7.61. The van der Waals surface area contributed by atoms with E-state index in [4.69, 9.17) is 4.74 Å². The van der Waals surface area contributed by atoms with Crippen LogP contribution in [0, 0.1) is 5.82 Å². The Morgan fingerprint density at radius 3 is 2.67 bits per heavy atom. The highest BCUT2D eigenvalue weighted by atomic mass is 19.1. The van der Waals surface area contributed by atoms with Gasteiger partial charge in [0.15, 0.2) is 5.75 Å². The molecule has 0 fully saturated rings. The molecule has 0 unspecified atom stereocenters. The summed E-state index contributed by atoms with van der Waals surface area (Å²) < 4.78 is 19.1. The molecule has 0 saturated carbocycles. The van der Waals surface area contributed by atoms with Gasteiger partial charge in [-0.1, -0.05) is 12.1 Å². The van der Waals surface area contributed by atoms with Crippen LogP contribution in [0.1, 0.15) is 46.5 Å². The summed E-state index contributed by atoms with van der Waals surface area (Å²) in [5.74, 6) is -0.887. The molecule has 0 aliphatic carbocycles. The van der Waals surface area contributed by atoms with Crippen molar-refractivity contribution in [3.05, 3.63) is 53.1 Å². The Morgan fingerprint density at radius 1 is 1.29 bits per heavy atom. The van der Waals surface area contributed by atoms with E-state index < -0.39 is 12.0 Å². The standard InChI is InChI=1S/C17H20FN3O3/c1-4-20-16(22)13-9-14(15(21-13)17(23)19-3)24-10(2)11-6-5-7-12(18)8-11/h5-10,21H,4H2,1-3H3,(H,19,23)(H,20,22)/t10-/m1/s1. The van der Waals surface area contributed by atoms with E-state index in [1.165, 1.54) is 25.2 Å². The molecule has 128 valence electrons. The number of carbonyl (C=O) groups is 2. The molecule has 0 aliphatic heterocycles. The van der Waals surface area contributed by atoms with E-state index >= 15 is 0 Å². The highest BCUT2D eigenvalue weighted by Gasteiger charge is 2.21. The zero-order valence-corrected chi connectivity index (χ0v) is 13.8. The second kappa shape index (κ2) is 7.63. The summed E-state index contributed by atoms with van der Waals surface area (Å²) in [5.41, 5.74) is 0.984. The summed E-state index contributed by atoms with van der Waals surface area (Å²) >= 11 is 0. The number of amides is 2. The van der Waals surface area contributed by atoms with Crippen molar-refractivity contribution < 1.29 is 18.7 Å². The van der Waals surface area contributed by atoms with E-state index in [2.05, 4.69) is 15.6 Å². The van der Waals surface area contributed by atoms with Crippen molar-refractivity contribution in [1.82, 2.24) is 15.6 Å². The third-order valence-corrected chi connectivity index (χ3v) is 3.44. The Balaban J connectivity index is 2.30. The van der Waals surface area contributed by atoms with Crippen molar-refractivity contribution in [3.63, 3.8) is 0 Å². The fraction of sp³-hybridized carbons (Fsp3) is 0.294. The van der Waals surface area contributed by atoms with E-state index in [-0.39, 0.29) is 28.9 Å². The van der Waals surface area contributed by atoms with Crippen molar-refractivity contribution in [2.45, 2.75) is 20.0 Å². The van der Waals surface area contributed by atoms with Crippen LogP contribution in [-0.2, 0) is 0 Å². The Morgan fingerprint density at radius 2 is 2.04 bits per heavy atom. The molecule has 2 amide bonds. The first-order valence-electron chi connectivity index (χ1n) is 7.61. The molecule has 7 heteroatoms. The number of carbonyl (C=O) groups excluding carboxylic acids is 2. The molecule has 0 aliphatic rings. The van der Waals surface area contributed by atoms with E-state index in [1.807, 2.05) is 0 Å². The van der Waals surface area contributed by atoms with Gasteiger partial charge in [0.25, 0.3) is 11.8 Å². The minimum Gasteiger partial charge on any atom is -0.484 e. The lowest BCUT2D eigenvalue weighted by atomic mass is 10.1. The molecule has 1 heterocycles. The maximum Gasteiger partial charge on any atom is 0.271 e. The Hall–Kier alpha value is -2.83. The quantitative estimate of drug-likeness (QED) is 0.759. The molecule has 0 radical (unpaired) electrons. The van der Waals surface area contributed by atoms with Gasteiger partial charge in [0, 0.05) is 19.7 Å². The van der Waals surface area contributed by atoms with Gasteiger partial charge in [0.1, 0.15) is 23.3 Å². The molecular weight excluding hydrogens is 313 g/mol. The number of benzene rings is 1. The third-order valence-electron chi connectivity index (χ3n) is 3.44. The lowest BCUT2D eigenvalue weighted by molar-refractivity contribution is 0.0951. The van der Waals surface area contributed by atoms with Gasteiger partial charge in [-0.05, 0) is 31.5 Å². The molecule has 3 N–H and O–H groups in total. The zero-order chi connectivity index (χ0) is 17.7. The monoisotopic (exact) mass is 333 g/mol. The Labute approximate surface area is 139 Å². The topological polar surface area (TPSA) is 83.2 Å². The number of rotatable bonds is 6. The highest BCUT2D eigenvalue weighted by molar-refractivity contribution is 5.99. The summed E-state index contributed by atoms with van der Waals surface area (Å²) in [5, 5.41) is 5.13. The number of halogens is 1. The largest absolute Gasteiger partial charge is 0.484 e. The van der Waals surface area contributed by atoms with Crippen LogP contribution in [0.2, 0.25) is 0 Å². The van der Waals surface area contributed by atoms with E-state index in [0.717, 1.165) is 0 Å². The van der Waals surface area contributed by atoms with Crippen LogP contribution in [-0.4, -0.2) is 30.4 Å². The third kappa shape index (κ3) is 3.92. The van der Waals surface area contributed by atoms with E-state index in [9.17, 15) is 14.0 Å². The van der Waals surface area contributed by atoms with Crippen LogP contribution in [0.4, 0.5) is 4.39 Å². The molecule has 6 nitrogen and oxygen atoms in total. The zero-order valence-electron chi connectivity index (χ0n) is 13.8. The number of aromatic nitrogens is 1. The summed E-state index contributed by atoms with van der Waals surface area (Å²) in [6, 6.07) is 7.48. The minimum atomic E-state index is -0.498. The predicted molar refractivity (Wildman–Crippen MR) is 87.6 cm³/mol. The van der Waals surface area contributed by atoms with Crippen LogP contribution in [0.3, 0.4) is 0 Å². The molecule has 0 saturated heterocycles. The predicted octanol–water partition coefficient (Wildman–Crippen LogP) is 2.40. The molecule has 1 atom stereocenters. The molecule has 1 aromatic heterocycles. The van der Waals surface area contributed by atoms with E-state index in [0.29, 0.717) is 12.1 Å². The molecule has 2 rings (SSSR count). The van der Waals surface area contributed by atoms with Gasteiger partial charge in [0.05, 0.1) is 0 Å². The maximum absolute atomic E-state index is 13.3. The number of nitrogens with one attached hydrogen (secondary N) is 3. The van der Waals surface area contributed by atoms with Crippen molar-refractivity contribution in [2.24, 2.45) is 0 Å². The van der Waals surface area contributed by atoms with Gasteiger partial charge in [0.2, 0.25) is 0 Å². The molecule has 24 heavy (non-hydrogen) atoms. The fourth-order valence-corrected chi connectivity index (χ4v) is 2.22. The number of aromatic amines is 1. The van der Waals surface area contributed by atoms with Crippen LogP contribution in [0.25, 0.3) is 0 Å². The number of hydrogen-bond donors (Lipinski definition) is 3. The SMILES string of the molecule is CCNC(=O)c1cc(O[C@H](C)c2cccc(F)c2)c(C(=O)NC)[nH]1. The number of ether oxygens (including phenoxy) is 1. The van der Waals surface area contributed by atoms with Crippen LogP contribution < -0.4 is 15.4 Å². The molecule has 0 spiro atoms.